The zero-order chi connectivity index (χ0) is 14.4. The van der Waals surface area contributed by atoms with Crippen LogP contribution in [0.4, 0.5) is 0 Å². The molecule has 108 valence electrons. The van der Waals surface area contributed by atoms with Gasteiger partial charge in [-0.1, -0.05) is 6.92 Å². The Balaban J connectivity index is 3.00. The van der Waals surface area contributed by atoms with Crippen molar-refractivity contribution in [3.63, 3.8) is 0 Å². The summed E-state index contributed by atoms with van der Waals surface area (Å²) >= 11 is 0. The zero-order valence-corrected chi connectivity index (χ0v) is 12.7. The third-order valence-electron chi connectivity index (χ3n) is 3.59. The number of hydrogen-bond acceptors (Lipinski definition) is 3. The lowest BCUT2D eigenvalue weighted by Crippen LogP contribution is -2.33. The largest absolute Gasteiger partial charge is 0.383 e. The first-order valence-corrected chi connectivity index (χ1v) is 6.93. The Morgan fingerprint density at radius 1 is 1.42 bits per heavy atom. The highest BCUT2D eigenvalue weighted by Gasteiger charge is 2.11. The van der Waals surface area contributed by atoms with Gasteiger partial charge < -0.3 is 14.6 Å². The van der Waals surface area contributed by atoms with E-state index in [-0.39, 0.29) is 5.56 Å². The average molecular weight is 266 g/mol. The minimum absolute atomic E-state index is 0.102. The highest BCUT2D eigenvalue weighted by Crippen LogP contribution is 2.07. The van der Waals surface area contributed by atoms with Gasteiger partial charge in [0.1, 0.15) is 0 Å². The first kappa shape index (κ1) is 15.9. The fourth-order valence-electron chi connectivity index (χ4n) is 2.07. The third-order valence-corrected chi connectivity index (χ3v) is 3.59. The van der Waals surface area contributed by atoms with Crippen LogP contribution in [0.3, 0.4) is 0 Å². The standard InChI is InChI=1S/C15H26N2O2/c1-6-12(3)16-10-14-11(2)9-13(4)17(15(14)18)7-8-19-5/h9,12,16H,6-8,10H2,1-5H3. The Hall–Kier alpha value is -1.13. The molecule has 1 N–H and O–H groups in total. The lowest BCUT2D eigenvalue weighted by Gasteiger charge is -2.16. The van der Waals surface area contributed by atoms with Crippen LogP contribution in [0, 0.1) is 13.8 Å². The van der Waals surface area contributed by atoms with Crippen LogP contribution >= 0.6 is 0 Å². The minimum atomic E-state index is 0.102. The van der Waals surface area contributed by atoms with E-state index in [0.29, 0.717) is 25.7 Å². The number of hydrogen-bond donors (Lipinski definition) is 1. The molecule has 1 heterocycles. The van der Waals surface area contributed by atoms with E-state index in [1.807, 2.05) is 13.8 Å². The molecule has 1 aromatic rings. The van der Waals surface area contributed by atoms with E-state index in [1.165, 1.54) is 0 Å². The number of rotatable bonds is 7. The van der Waals surface area contributed by atoms with Gasteiger partial charge in [-0.2, -0.15) is 0 Å². The van der Waals surface area contributed by atoms with Gasteiger partial charge in [0.2, 0.25) is 0 Å². The van der Waals surface area contributed by atoms with Crippen LogP contribution in [0.2, 0.25) is 0 Å². The summed E-state index contributed by atoms with van der Waals surface area (Å²) in [6.45, 7) is 10.0. The molecular weight excluding hydrogens is 240 g/mol. The molecule has 0 saturated carbocycles. The number of aromatic nitrogens is 1. The third kappa shape index (κ3) is 4.18. The predicted octanol–water partition coefficient (Wildman–Crippen LogP) is 2.00. The molecule has 1 unspecified atom stereocenters. The molecule has 1 aromatic heterocycles. The van der Waals surface area contributed by atoms with E-state index in [1.54, 1.807) is 11.7 Å². The Morgan fingerprint density at radius 2 is 2.11 bits per heavy atom. The maximum absolute atomic E-state index is 12.5. The summed E-state index contributed by atoms with van der Waals surface area (Å²) in [5.41, 5.74) is 3.02. The molecule has 19 heavy (non-hydrogen) atoms. The quantitative estimate of drug-likeness (QED) is 0.821. The number of pyridine rings is 1. The molecule has 0 fully saturated rings. The second-order valence-electron chi connectivity index (χ2n) is 5.09. The van der Waals surface area contributed by atoms with Crippen molar-refractivity contribution in [1.29, 1.82) is 0 Å². The molecule has 0 spiro atoms. The molecule has 4 nitrogen and oxygen atoms in total. The van der Waals surface area contributed by atoms with Crippen LogP contribution in [0.15, 0.2) is 10.9 Å². The highest BCUT2D eigenvalue weighted by atomic mass is 16.5. The van der Waals surface area contributed by atoms with Crippen LogP contribution in [-0.2, 0) is 17.8 Å². The second kappa shape index (κ2) is 7.46. The Labute approximate surface area is 115 Å². The van der Waals surface area contributed by atoms with Crippen molar-refractivity contribution in [2.45, 2.75) is 53.2 Å². The molecule has 1 rings (SSSR count). The molecule has 0 aromatic carbocycles. The average Bonchev–Trinajstić information content (AvgIpc) is 2.37. The molecule has 1 atom stereocenters. The molecular formula is C15H26N2O2. The number of nitrogens with zero attached hydrogens (tertiary/aromatic N) is 1. The summed E-state index contributed by atoms with van der Waals surface area (Å²) in [5, 5.41) is 3.39. The number of methoxy groups -OCH3 is 1. The smallest absolute Gasteiger partial charge is 0.255 e. The molecule has 0 radical (unpaired) electrons. The van der Waals surface area contributed by atoms with Crippen LogP contribution in [0.1, 0.15) is 37.1 Å². The number of aryl methyl sites for hydroxylation is 2. The zero-order valence-electron chi connectivity index (χ0n) is 12.7. The Kier molecular flexibility index (Phi) is 6.25. The highest BCUT2D eigenvalue weighted by molar-refractivity contribution is 5.26. The van der Waals surface area contributed by atoms with E-state index in [4.69, 9.17) is 4.74 Å². The van der Waals surface area contributed by atoms with E-state index >= 15 is 0 Å². The van der Waals surface area contributed by atoms with Crippen molar-refractivity contribution in [3.05, 3.63) is 33.2 Å². The van der Waals surface area contributed by atoms with Gasteiger partial charge in [-0.3, -0.25) is 4.79 Å². The van der Waals surface area contributed by atoms with Crippen molar-refractivity contribution in [2.24, 2.45) is 0 Å². The molecule has 0 saturated heterocycles. The number of nitrogens with one attached hydrogen (secondary N) is 1. The first-order valence-electron chi connectivity index (χ1n) is 6.93. The summed E-state index contributed by atoms with van der Waals surface area (Å²) in [5.74, 6) is 0. The molecule has 0 aliphatic rings. The van der Waals surface area contributed by atoms with Gasteiger partial charge in [-0.15, -0.1) is 0 Å². The SMILES string of the molecule is CCC(C)NCc1c(C)cc(C)n(CCOC)c1=O. The van der Waals surface area contributed by atoms with Gasteiger partial charge in [0, 0.05) is 37.5 Å². The minimum Gasteiger partial charge on any atom is -0.383 e. The molecule has 0 bridgehead atoms. The van der Waals surface area contributed by atoms with Crippen molar-refractivity contribution in [2.75, 3.05) is 13.7 Å². The van der Waals surface area contributed by atoms with Gasteiger partial charge in [-0.05, 0) is 38.8 Å². The van der Waals surface area contributed by atoms with Crippen molar-refractivity contribution in [1.82, 2.24) is 9.88 Å². The van der Waals surface area contributed by atoms with Gasteiger partial charge in [-0.25, -0.2) is 0 Å². The summed E-state index contributed by atoms with van der Waals surface area (Å²) in [6, 6.07) is 2.50. The summed E-state index contributed by atoms with van der Waals surface area (Å²) in [7, 11) is 1.65. The maximum atomic E-state index is 12.5. The first-order chi connectivity index (χ1) is 9.01. The number of ether oxygens (including phenoxy) is 1. The summed E-state index contributed by atoms with van der Waals surface area (Å²) in [4.78, 5) is 12.5. The Morgan fingerprint density at radius 3 is 2.68 bits per heavy atom. The molecule has 0 aliphatic carbocycles. The fraction of sp³-hybridized carbons (Fsp3) is 0.667. The Bertz CT molecular complexity index is 466. The van der Waals surface area contributed by atoms with Crippen molar-refractivity contribution in [3.8, 4) is 0 Å². The summed E-state index contributed by atoms with van der Waals surface area (Å²) in [6.07, 6.45) is 1.06. The maximum Gasteiger partial charge on any atom is 0.255 e. The molecule has 0 amide bonds. The van der Waals surface area contributed by atoms with E-state index in [2.05, 4.69) is 25.2 Å². The monoisotopic (exact) mass is 266 g/mol. The topological polar surface area (TPSA) is 43.3 Å². The van der Waals surface area contributed by atoms with Crippen LogP contribution in [0.5, 0.6) is 0 Å². The van der Waals surface area contributed by atoms with E-state index in [0.717, 1.165) is 23.2 Å². The van der Waals surface area contributed by atoms with Gasteiger partial charge >= 0.3 is 0 Å². The van der Waals surface area contributed by atoms with Crippen molar-refractivity contribution < 1.29 is 4.74 Å². The summed E-state index contributed by atoms with van der Waals surface area (Å²) < 4.78 is 6.86. The van der Waals surface area contributed by atoms with Crippen LogP contribution < -0.4 is 10.9 Å². The predicted molar refractivity (Wildman–Crippen MR) is 78.6 cm³/mol. The second-order valence-corrected chi connectivity index (χ2v) is 5.09. The van der Waals surface area contributed by atoms with E-state index < -0.39 is 0 Å². The van der Waals surface area contributed by atoms with Gasteiger partial charge in [0.05, 0.1) is 6.61 Å². The van der Waals surface area contributed by atoms with Gasteiger partial charge in [0.25, 0.3) is 5.56 Å². The van der Waals surface area contributed by atoms with Crippen LogP contribution in [0.25, 0.3) is 0 Å². The van der Waals surface area contributed by atoms with Crippen LogP contribution in [-0.4, -0.2) is 24.3 Å². The lowest BCUT2D eigenvalue weighted by molar-refractivity contribution is 0.185. The van der Waals surface area contributed by atoms with Crippen molar-refractivity contribution >= 4 is 0 Å². The fourth-order valence-corrected chi connectivity index (χ4v) is 2.07. The molecule has 0 aliphatic heterocycles. The normalized spacial score (nSPS) is 12.7. The molecule has 4 heteroatoms. The van der Waals surface area contributed by atoms with Gasteiger partial charge in [0.15, 0.2) is 0 Å². The lowest BCUT2D eigenvalue weighted by atomic mass is 10.1. The van der Waals surface area contributed by atoms with E-state index in [9.17, 15) is 4.79 Å².